The van der Waals surface area contributed by atoms with Crippen molar-refractivity contribution in [2.24, 2.45) is 0 Å². The summed E-state index contributed by atoms with van der Waals surface area (Å²) >= 11 is 0. The molecule has 66 valence electrons. The molecule has 0 spiro atoms. The molecule has 0 aliphatic carbocycles. The van der Waals surface area contributed by atoms with E-state index >= 15 is 0 Å². The van der Waals surface area contributed by atoms with Gasteiger partial charge in [0, 0.05) is 22.3 Å². The molecule has 0 rings (SSSR count). The lowest BCUT2D eigenvalue weighted by atomic mass is 10.5. The van der Waals surface area contributed by atoms with Gasteiger partial charge in [-0.25, -0.2) is 0 Å². The van der Waals surface area contributed by atoms with Crippen LogP contribution in [0.2, 0.25) is 0 Å². The van der Waals surface area contributed by atoms with Gasteiger partial charge < -0.3 is 0 Å². The lowest BCUT2D eigenvalue weighted by Crippen LogP contribution is -1.96. The Morgan fingerprint density at radius 1 is 1.00 bits per heavy atom. The maximum Gasteiger partial charge on any atom is 0.0421 e. The normalized spacial score (nSPS) is 13.7. The third-order valence-electron chi connectivity index (χ3n) is 1.11. The molecular weight excluding hydrogens is 168 g/mol. The molecule has 0 aromatic carbocycles. The summed E-state index contributed by atoms with van der Waals surface area (Å²) in [4.78, 5) is 0. The zero-order valence-electron chi connectivity index (χ0n) is 7.11. The van der Waals surface area contributed by atoms with Crippen LogP contribution < -0.4 is 0 Å². The summed E-state index contributed by atoms with van der Waals surface area (Å²) in [6, 6.07) is 0. The van der Waals surface area contributed by atoms with Crippen molar-refractivity contribution in [3.05, 3.63) is 49.6 Å². The number of rotatable bonds is 6. The van der Waals surface area contributed by atoms with Gasteiger partial charge in [0.25, 0.3) is 0 Å². The first-order valence-corrected chi connectivity index (χ1v) is 5.20. The van der Waals surface area contributed by atoms with E-state index < -0.39 is 10.8 Å². The Balaban J connectivity index is 3.59. The van der Waals surface area contributed by atoms with Gasteiger partial charge in [0.1, 0.15) is 0 Å². The molecule has 0 saturated heterocycles. The van der Waals surface area contributed by atoms with Crippen molar-refractivity contribution >= 4 is 10.8 Å². The smallest absolute Gasteiger partial charge is 0.0421 e. The minimum absolute atomic E-state index is 0.591. The third kappa shape index (κ3) is 7.22. The topological polar surface area (TPSA) is 17.1 Å². The van der Waals surface area contributed by atoms with Gasteiger partial charge in [0.2, 0.25) is 0 Å². The van der Waals surface area contributed by atoms with E-state index in [1.165, 1.54) is 0 Å². The quantitative estimate of drug-likeness (QED) is 0.576. The summed E-state index contributed by atoms with van der Waals surface area (Å²) < 4.78 is 11.1. The maximum absolute atomic E-state index is 11.1. The van der Waals surface area contributed by atoms with Gasteiger partial charge in [-0.3, -0.25) is 4.21 Å². The van der Waals surface area contributed by atoms with Crippen LogP contribution in [0.1, 0.15) is 0 Å². The summed E-state index contributed by atoms with van der Waals surface area (Å²) in [5, 5.41) is 0. The molecule has 0 aliphatic rings. The summed E-state index contributed by atoms with van der Waals surface area (Å²) in [7, 11) is -0.792. The van der Waals surface area contributed by atoms with Crippen molar-refractivity contribution < 1.29 is 4.21 Å². The van der Waals surface area contributed by atoms with Gasteiger partial charge in [-0.05, 0) is 0 Å². The van der Waals surface area contributed by atoms with Crippen LogP contribution in [0, 0.1) is 0 Å². The van der Waals surface area contributed by atoms with E-state index in [9.17, 15) is 4.21 Å². The Kier molecular flexibility index (Phi) is 7.60. The molecule has 0 saturated carbocycles. The first kappa shape index (κ1) is 11.1. The predicted molar refractivity (Wildman–Crippen MR) is 56.6 cm³/mol. The maximum atomic E-state index is 11.1. The molecule has 12 heavy (non-hydrogen) atoms. The van der Waals surface area contributed by atoms with E-state index in [-0.39, 0.29) is 0 Å². The highest BCUT2D eigenvalue weighted by atomic mass is 32.2. The van der Waals surface area contributed by atoms with Gasteiger partial charge >= 0.3 is 0 Å². The highest BCUT2D eigenvalue weighted by Crippen LogP contribution is 1.86. The van der Waals surface area contributed by atoms with Crippen LogP contribution in [0.4, 0.5) is 0 Å². The minimum atomic E-state index is -0.792. The molecule has 2 heteroatoms. The Hall–Kier alpha value is -0.890. The van der Waals surface area contributed by atoms with Gasteiger partial charge in [-0.1, -0.05) is 49.6 Å². The fourth-order valence-electron chi connectivity index (χ4n) is 0.586. The van der Waals surface area contributed by atoms with Gasteiger partial charge in [-0.15, -0.1) is 0 Å². The molecule has 0 aromatic rings. The molecule has 0 radical (unpaired) electrons. The second kappa shape index (κ2) is 8.21. The zero-order chi connectivity index (χ0) is 9.23. The minimum Gasteiger partial charge on any atom is -0.259 e. The molecule has 0 unspecified atom stereocenters. The SMILES string of the molecule is C=CC=CCS(=O)CC=CC=C. The third-order valence-corrected chi connectivity index (χ3v) is 2.24. The summed E-state index contributed by atoms with van der Waals surface area (Å²) in [5.74, 6) is 1.18. The van der Waals surface area contributed by atoms with E-state index in [1.54, 1.807) is 24.3 Å². The van der Waals surface area contributed by atoms with Crippen LogP contribution in [-0.4, -0.2) is 15.7 Å². The van der Waals surface area contributed by atoms with Gasteiger partial charge in [-0.2, -0.15) is 0 Å². The first-order chi connectivity index (χ1) is 5.81. The molecule has 0 atom stereocenters. The average molecular weight is 182 g/mol. The van der Waals surface area contributed by atoms with Crippen LogP contribution in [0.15, 0.2) is 49.6 Å². The van der Waals surface area contributed by atoms with E-state index in [4.69, 9.17) is 0 Å². The van der Waals surface area contributed by atoms with Crippen molar-refractivity contribution in [1.82, 2.24) is 0 Å². The van der Waals surface area contributed by atoms with Crippen LogP contribution in [0.3, 0.4) is 0 Å². The fourth-order valence-corrected chi connectivity index (χ4v) is 1.37. The Morgan fingerprint density at radius 2 is 1.42 bits per heavy atom. The first-order valence-electron chi connectivity index (χ1n) is 3.71. The molecule has 1 nitrogen and oxygen atoms in total. The number of hydrogen-bond acceptors (Lipinski definition) is 1. The summed E-state index contributed by atoms with van der Waals surface area (Å²) in [5.41, 5.74) is 0. The van der Waals surface area contributed by atoms with Crippen molar-refractivity contribution in [3.63, 3.8) is 0 Å². The molecule has 0 aliphatic heterocycles. The Morgan fingerprint density at radius 3 is 1.75 bits per heavy atom. The highest BCUT2D eigenvalue weighted by Gasteiger charge is 1.90. The molecule has 0 fully saturated rings. The molecule has 0 heterocycles. The van der Waals surface area contributed by atoms with E-state index in [0.29, 0.717) is 11.5 Å². The van der Waals surface area contributed by atoms with Crippen molar-refractivity contribution in [2.75, 3.05) is 11.5 Å². The fraction of sp³-hybridized carbons (Fsp3) is 0.200. The van der Waals surface area contributed by atoms with Crippen molar-refractivity contribution in [2.45, 2.75) is 0 Å². The standard InChI is InChI=1S/C10H14OS/c1-3-5-7-9-12(11)10-8-6-4-2/h3-8H,1-2,9-10H2. The van der Waals surface area contributed by atoms with E-state index in [1.807, 2.05) is 12.2 Å². The van der Waals surface area contributed by atoms with Crippen molar-refractivity contribution in [1.29, 1.82) is 0 Å². The molecule has 0 bridgehead atoms. The molecule has 0 aromatic heterocycles. The largest absolute Gasteiger partial charge is 0.259 e. The number of hydrogen-bond donors (Lipinski definition) is 0. The molecule has 0 amide bonds. The predicted octanol–water partition coefficient (Wildman–Crippen LogP) is 2.22. The van der Waals surface area contributed by atoms with Gasteiger partial charge in [0.05, 0.1) is 0 Å². The molecule has 0 N–H and O–H groups in total. The van der Waals surface area contributed by atoms with Crippen molar-refractivity contribution in [3.8, 4) is 0 Å². The Bertz CT molecular complexity index is 192. The summed E-state index contributed by atoms with van der Waals surface area (Å²) in [6.07, 6.45) is 10.7. The monoisotopic (exact) mass is 182 g/mol. The van der Waals surface area contributed by atoms with Crippen LogP contribution in [0.25, 0.3) is 0 Å². The second-order valence-electron chi connectivity index (χ2n) is 2.10. The van der Waals surface area contributed by atoms with Crippen LogP contribution in [0.5, 0.6) is 0 Å². The second-order valence-corrected chi connectivity index (χ2v) is 3.65. The van der Waals surface area contributed by atoms with Gasteiger partial charge in [0.15, 0.2) is 0 Å². The summed E-state index contributed by atoms with van der Waals surface area (Å²) in [6.45, 7) is 7.04. The van der Waals surface area contributed by atoms with E-state index in [2.05, 4.69) is 13.2 Å². The average Bonchev–Trinajstić information content (AvgIpc) is 2.06. The molecular formula is C10H14OS. The lowest BCUT2D eigenvalue weighted by molar-refractivity contribution is 0.687. The van der Waals surface area contributed by atoms with Crippen LogP contribution in [-0.2, 0) is 10.8 Å². The zero-order valence-corrected chi connectivity index (χ0v) is 7.93. The van der Waals surface area contributed by atoms with Crippen LogP contribution >= 0.6 is 0 Å². The lowest BCUT2D eigenvalue weighted by Gasteiger charge is -1.90. The highest BCUT2D eigenvalue weighted by molar-refractivity contribution is 7.85. The van der Waals surface area contributed by atoms with E-state index in [0.717, 1.165) is 0 Å². The number of allylic oxidation sites excluding steroid dienone is 4. The Labute approximate surface area is 76.6 Å².